The Labute approximate surface area is 85.9 Å². The van der Waals surface area contributed by atoms with Crippen LogP contribution >= 0.6 is 11.6 Å². The van der Waals surface area contributed by atoms with Crippen molar-refractivity contribution in [1.82, 2.24) is 4.98 Å². The largest absolute Gasteiger partial charge is 0.396 e. The van der Waals surface area contributed by atoms with Gasteiger partial charge >= 0.3 is 0 Å². The van der Waals surface area contributed by atoms with Crippen molar-refractivity contribution in [2.45, 2.75) is 6.92 Å². The van der Waals surface area contributed by atoms with Crippen LogP contribution in [0.15, 0.2) is 18.2 Å². The number of halogens is 1. The van der Waals surface area contributed by atoms with Gasteiger partial charge in [0.1, 0.15) is 5.69 Å². The number of anilines is 1. The lowest BCUT2D eigenvalue weighted by atomic mass is 10.2. The van der Waals surface area contributed by atoms with Crippen LogP contribution in [0, 0.1) is 0 Å². The number of hydrogen-bond donors (Lipinski definition) is 2. The summed E-state index contributed by atoms with van der Waals surface area (Å²) in [6.45, 7) is 1.47. The topological polar surface area (TPSA) is 58.9 Å². The molecule has 72 valence electrons. The van der Waals surface area contributed by atoms with Crippen LogP contribution in [0.5, 0.6) is 0 Å². The Morgan fingerprint density at radius 3 is 2.86 bits per heavy atom. The molecule has 0 bridgehead atoms. The Kier molecular flexibility index (Phi) is 1.97. The van der Waals surface area contributed by atoms with Gasteiger partial charge in [-0.15, -0.1) is 0 Å². The summed E-state index contributed by atoms with van der Waals surface area (Å²) in [5.41, 5.74) is 7.52. The van der Waals surface area contributed by atoms with Gasteiger partial charge in [0.15, 0.2) is 5.78 Å². The number of fused-ring (bicyclic) bond motifs is 1. The average molecular weight is 209 g/mol. The van der Waals surface area contributed by atoms with Crippen molar-refractivity contribution in [2.24, 2.45) is 0 Å². The van der Waals surface area contributed by atoms with E-state index in [4.69, 9.17) is 17.3 Å². The lowest BCUT2D eigenvalue weighted by molar-refractivity contribution is 0.101. The Morgan fingerprint density at radius 1 is 1.50 bits per heavy atom. The predicted octanol–water partition coefficient (Wildman–Crippen LogP) is 2.61. The highest BCUT2D eigenvalue weighted by atomic mass is 35.5. The average Bonchev–Trinajstić information content (AvgIpc) is 2.43. The van der Waals surface area contributed by atoms with Gasteiger partial charge in [-0.1, -0.05) is 11.6 Å². The van der Waals surface area contributed by atoms with Gasteiger partial charge in [0, 0.05) is 22.8 Å². The number of nitrogen functional groups attached to an aromatic ring is 1. The van der Waals surface area contributed by atoms with Crippen molar-refractivity contribution in [3.63, 3.8) is 0 Å². The van der Waals surface area contributed by atoms with E-state index in [2.05, 4.69) is 4.98 Å². The molecule has 4 heteroatoms. The van der Waals surface area contributed by atoms with E-state index in [9.17, 15) is 4.79 Å². The van der Waals surface area contributed by atoms with Crippen molar-refractivity contribution in [2.75, 3.05) is 5.73 Å². The second-order valence-electron chi connectivity index (χ2n) is 3.16. The van der Waals surface area contributed by atoms with E-state index in [1.54, 1.807) is 18.2 Å². The molecule has 1 heterocycles. The van der Waals surface area contributed by atoms with E-state index in [0.717, 1.165) is 10.9 Å². The van der Waals surface area contributed by atoms with Gasteiger partial charge in [0.05, 0.1) is 5.69 Å². The van der Waals surface area contributed by atoms with Crippen molar-refractivity contribution in [3.8, 4) is 0 Å². The zero-order valence-electron chi connectivity index (χ0n) is 7.60. The van der Waals surface area contributed by atoms with E-state index in [1.807, 2.05) is 0 Å². The van der Waals surface area contributed by atoms with Crippen molar-refractivity contribution < 1.29 is 4.79 Å². The summed E-state index contributed by atoms with van der Waals surface area (Å²) in [6, 6.07) is 5.30. The standard InChI is InChI=1S/C10H9ClN2O/c1-5(14)10-9(12)7-3-2-6(11)4-8(7)13-10/h2-4,13H,12H2,1H3. The summed E-state index contributed by atoms with van der Waals surface area (Å²) in [6.07, 6.45) is 0. The van der Waals surface area contributed by atoms with Gasteiger partial charge in [-0.25, -0.2) is 0 Å². The number of aromatic amines is 1. The number of ketones is 1. The zero-order chi connectivity index (χ0) is 10.3. The number of H-pyrrole nitrogens is 1. The quantitative estimate of drug-likeness (QED) is 0.708. The lowest BCUT2D eigenvalue weighted by Crippen LogP contribution is -1.97. The summed E-state index contributed by atoms with van der Waals surface area (Å²) in [5, 5.41) is 1.45. The summed E-state index contributed by atoms with van der Waals surface area (Å²) in [7, 11) is 0. The molecule has 0 aliphatic rings. The number of nitrogens with two attached hydrogens (primary N) is 1. The zero-order valence-corrected chi connectivity index (χ0v) is 8.35. The molecule has 3 nitrogen and oxygen atoms in total. The first-order valence-electron chi connectivity index (χ1n) is 4.17. The smallest absolute Gasteiger partial charge is 0.178 e. The Hall–Kier alpha value is -1.48. The summed E-state index contributed by atoms with van der Waals surface area (Å²) in [4.78, 5) is 14.1. The van der Waals surface area contributed by atoms with Crippen LogP contribution in [-0.2, 0) is 0 Å². The highest BCUT2D eigenvalue weighted by Crippen LogP contribution is 2.27. The van der Waals surface area contributed by atoms with E-state index in [1.165, 1.54) is 6.92 Å². The highest BCUT2D eigenvalue weighted by molar-refractivity contribution is 6.31. The molecule has 0 spiro atoms. The number of aromatic nitrogens is 1. The number of rotatable bonds is 1. The molecule has 14 heavy (non-hydrogen) atoms. The van der Waals surface area contributed by atoms with E-state index in [0.29, 0.717) is 16.4 Å². The Bertz CT molecular complexity index is 516. The van der Waals surface area contributed by atoms with Gasteiger partial charge in [0.25, 0.3) is 0 Å². The van der Waals surface area contributed by atoms with Gasteiger partial charge in [-0.05, 0) is 18.2 Å². The normalized spacial score (nSPS) is 10.7. The molecule has 1 aromatic heterocycles. The Balaban J connectivity index is 2.79. The van der Waals surface area contributed by atoms with Crippen LogP contribution in [-0.4, -0.2) is 10.8 Å². The van der Waals surface area contributed by atoms with Crippen LogP contribution < -0.4 is 5.73 Å². The molecule has 1 aromatic carbocycles. The van der Waals surface area contributed by atoms with Gasteiger partial charge in [-0.3, -0.25) is 4.79 Å². The number of carbonyl (C=O) groups excluding carboxylic acids is 1. The lowest BCUT2D eigenvalue weighted by Gasteiger charge is -1.92. The molecule has 0 unspecified atom stereocenters. The second kappa shape index (κ2) is 3.03. The van der Waals surface area contributed by atoms with Crippen LogP contribution in [0.25, 0.3) is 10.9 Å². The number of Topliss-reactive ketones (excluding diaryl/α,β-unsaturated/α-hetero) is 1. The molecule has 2 rings (SSSR count). The minimum Gasteiger partial charge on any atom is -0.396 e. The molecule has 0 aliphatic heterocycles. The van der Waals surface area contributed by atoms with E-state index >= 15 is 0 Å². The summed E-state index contributed by atoms with van der Waals surface area (Å²) < 4.78 is 0. The van der Waals surface area contributed by atoms with Gasteiger partial charge < -0.3 is 10.7 Å². The molecule has 3 N–H and O–H groups in total. The number of hydrogen-bond acceptors (Lipinski definition) is 2. The van der Waals surface area contributed by atoms with Crippen LogP contribution in [0.3, 0.4) is 0 Å². The van der Waals surface area contributed by atoms with E-state index in [-0.39, 0.29) is 5.78 Å². The first kappa shape index (κ1) is 9.09. The molecule has 0 fully saturated rings. The molecule has 0 amide bonds. The third-order valence-electron chi connectivity index (χ3n) is 2.15. The second-order valence-corrected chi connectivity index (χ2v) is 3.60. The minimum absolute atomic E-state index is 0.0742. The fourth-order valence-electron chi connectivity index (χ4n) is 1.47. The number of carbonyl (C=O) groups is 1. The molecular formula is C10H9ClN2O. The summed E-state index contributed by atoms with van der Waals surface area (Å²) in [5.74, 6) is -0.0742. The van der Waals surface area contributed by atoms with Crippen LogP contribution in [0.1, 0.15) is 17.4 Å². The van der Waals surface area contributed by atoms with Crippen molar-refractivity contribution >= 4 is 34.0 Å². The highest BCUT2D eigenvalue weighted by Gasteiger charge is 2.11. The molecule has 0 atom stereocenters. The van der Waals surface area contributed by atoms with Crippen LogP contribution in [0.2, 0.25) is 5.02 Å². The SMILES string of the molecule is CC(=O)c1[nH]c2cc(Cl)ccc2c1N. The van der Waals surface area contributed by atoms with Crippen molar-refractivity contribution in [3.05, 3.63) is 28.9 Å². The maximum Gasteiger partial charge on any atom is 0.178 e. The van der Waals surface area contributed by atoms with Crippen molar-refractivity contribution in [1.29, 1.82) is 0 Å². The third kappa shape index (κ3) is 1.26. The molecular weight excluding hydrogens is 200 g/mol. The first-order chi connectivity index (χ1) is 6.59. The molecule has 2 aromatic rings. The predicted molar refractivity (Wildman–Crippen MR) is 57.7 cm³/mol. The monoisotopic (exact) mass is 208 g/mol. The van der Waals surface area contributed by atoms with Gasteiger partial charge in [-0.2, -0.15) is 0 Å². The fourth-order valence-corrected chi connectivity index (χ4v) is 1.64. The molecule has 0 radical (unpaired) electrons. The van der Waals surface area contributed by atoms with E-state index < -0.39 is 0 Å². The minimum atomic E-state index is -0.0742. The van der Waals surface area contributed by atoms with Gasteiger partial charge in [0.2, 0.25) is 0 Å². The molecule has 0 saturated heterocycles. The first-order valence-corrected chi connectivity index (χ1v) is 4.55. The van der Waals surface area contributed by atoms with Crippen LogP contribution in [0.4, 0.5) is 5.69 Å². The third-order valence-corrected chi connectivity index (χ3v) is 2.39. The summed E-state index contributed by atoms with van der Waals surface area (Å²) >= 11 is 5.81. The number of benzene rings is 1. The maximum absolute atomic E-state index is 11.2. The molecule has 0 aliphatic carbocycles. The Morgan fingerprint density at radius 2 is 2.21 bits per heavy atom. The molecule has 0 saturated carbocycles. The fraction of sp³-hybridized carbons (Fsp3) is 0.100. The number of nitrogens with one attached hydrogen (secondary N) is 1. The maximum atomic E-state index is 11.2.